The van der Waals surface area contributed by atoms with Crippen LogP contribution in [0.3, 0.4) is 0 Å². The molecular formula is C14H15FN2S. The molecule has 0 unspecified atom stereocenters. The largest absolute Gasteiger partial charge is 0.308 e. The van der Waals surface area contributed by atoms with E-state index in [-0.39, 0.29) is 5.82 Å². The first kappa shape index (κ1) is 11.8. The Morgan fingerprint density at radius 2 is 2.06 bits per heavy atom. The van der Waals surface area contributed by atoms with Crippen LogP contribution in [-0.4, -0.2) is 11.0 Å². The lowest BCUT2D eigenvalue weighted by Gasteiger charge is -1.99. The number of benzene rings is 1. The molecule has 0 spiro atoms. The zero-order valence-corrected chi connectivity index (χ0v) is 10.8. The molecule has 1 heterocycles. The van der Waals surface area contributed by atoms with Crippen molar-refractivity contribution in [2.45, 2.75) is 31.8 Å². The summed E-state index contributed by atoms with van der Waals surface area (Å²) in [7, 11) is 0. The fourth-order valence-corrected chi connectivity index (χ4v) is 2.65. The molecule has 2 aromatic rings. The number of halogens is 1. The van der Waals surface area contributed by atoms with Crippen LogP contribution in [0, 0.1) is 5.82 Å². The molecule has 2 nitrogen and oxygen atoms in total. The monoisotopic (exact) mass is 262 g/mol. The highest BCUT2D eigenvalue weighted by Gasteiger charge is 2.20. The van der Waals surface area contributed by atoms with Crippen molar-refractivity contribution in [1.82, 2.24) is 10.3 Å². The second-order valence-corrected chi connectivity index (χ2v) is 5.63. The van der Waals surface area contributed by atoms with Crippen LogP contribution in [0.15, 0.2) is 29.6 Å². The molecule has 1 saturated carbocycles. The maximum atomic E-state index is 12.8. The number of hydrogen-bond donors (Lipinski definition) is 1. The van der Waals surface area contributed by atoms with E-state index in [9.17, 15) is 4.39 Å². The summed E-state index contributed by atoms with van der Waals surface area (Å²) in [4.78, 5) is 4.59. The molecule has 0 saturated heterocycles. The smallest absolute Gasteiger partial charge is 0.123 e. The van der Waals surface area contributed by atoms with E-state index in [0.717, 1.165) is 29.2 Å². The Balaban J connectivity index is 1.60. The molecular weight excluding hydrogens is 247 g/mol. The summed E-state index contributed by atoms with van der Waals surface area (Å²) in [6.45, 7) is 0.866. The number of thiazole rings is 1. The van der Waals surface area contributed by atoms with Crippen molar-refractivity contribution in [2.75, 3.05) is 0 Å². The second kappa shape index (κ2) is 5.16. The van der Waals surface area contributed by atoms with E-state index in [0.29, 0.717) is 6.04 Å². The topological polar surface area (TPSA) is 24.9 Å². The van der Waals surface area contributed by atoms with E-state index >= 15 is 0 Å². The van der Waals surface area contributed by atoms with Gasteiger partial charge in [0.1, 0.15) is 5.82 Å². The molecule has 1 aliphatic rings. The third-order valence-corrected chi connectivity index (χ3v) is 3.91. The van der Waals surface area contributed by atoms with Gasteiger partial charge in [-0.1, -0.05) is 12.1 Å². The summed E-state index contributed by atoms with van der Waals surface area (Å²) in [5.41, 5.74) is 2.22. The zero-order valence-electron chi connectivity index (χ0n) is 10.0. The molecule has 1 aliphatic carbocycles. The van der Waals surface area contributed by atoms with Crippen LogP contribution in [0.4, 0.5) is 4.39 Å². The van der Waals surface area contributed by atoms with Crippen molar-refractivity contribution in [3.05, 3.63) is 51.7 Å². The van der Waals surface area contributed by atoms with Crippen LogP contribution < -0.4 is 5.32 Å². The van der Waals surface area contributed by atoms with Gasteiger partial charge < -0.3 is 5.32 Å². The quantitative estimate of drug-likeness (QED) is 0.895. The predicted molar refractivity (Wildman–Crippen MR) is 71.2 cm³/mol. The summed E-state index contributed by atoms with van der Waals surface area (Å²) in [5, 5.41) is 6.65. The highest BCUT2D eigenvalue weighted by molar-refractivity contribution is 7.09. The Labute approximate surface area is 110 Å². The van der Waals surface area contributed by atoms with Crippen LogP contribution in [0.5, 0.6) is 0 Å². The minimum Gasteiger partial charge on any atom is -0.308 e. The van der Waals surface area contributed by atoms with Gasteiger partial charge in [-0.25, -0.2) is 9.37 Å². The number of rotatable bonds is 5. The van der Waals surface area contributed by atoms with E-state index in [2.05, 4.69) is 15.7 Å². The summed E-state index contributed by atoms with van der Waals surface area (Å²) >= 11 is 1.68. The molecule has 0 radical (unpaired) electrons. The normalized spacial score (nSPS) is 14.9. The van der Waals surface area contributed by atoms with Gasteiger partial charge in [0.05, 0.1) is 10.7 Å². The van der Waals surface area contributed by atoms with Crippen LogP contribution >= 0.6 is 11.3 Å². The molecule has 1 aromatic heterocycles. The Kier molecular flexibility index (Phi) is 3.39. The molecule has 0 amide bonds. The van der Waals surface area contributed by atoms with Gasteiger partial charge in [-0.05, 0) is 30.5 Å². The van der Waals surface area contributed by atoms with Gasteiger partial charge >= 0.3 is 0 Å². The van der Waals surface area contributed by atoms with Gasteiger partial charge in [0.15, 0.2) is 0 Å². The maximum Gasteiger partial charge on any atom is 0.123 e. The van der Waals surface area contributed by atoms with Gasteiger partial charge in [0.25, 0.3) is 0 Å². The lowest BCUT2D eigenvalue weighted by molar-refractivity contribution is 0.627. The standard InChI is InChI=1S/C14H15FN2S/c15-11-3-1-10(2-4-11)7-14-17-13(9-18-14)8-16-12-5-6-12/h1-4,9,12,16H,5-8H2. The fourth-order valence-electron chi connectivity index (χ4n) is 1.82. The molecule has 0 aliphatic heterocycles. The van der Waals surface area contributed by atoms with E-state index in [1.807, 2.05) is 12.1 Å². The Morgan fingerprint density at radius 3 is 2.78 bits per heavy atom. The zero-order chi connectivity index (χ0) is 12.4. The van der Waals surface area contributed by atoms with Crippen LogP contribution in [0.25, 0.3) is 0 Å². The predicted octanol–water partition coefficient (Wildman–Crippen LogP) is 3.13. The molecule has 0 bridgehead atoms. The van der Waals surface area contributed by atoms with E-state index in [1.165, 1.54) is 25.0 Å². The van der Waals surface area contributed by atoms with E-state index in [1.54, 1.807) is 11.3 Å². The van der Waals surface area contributed by atoms with E-state index < -0.39 is 0 Å². The number of nitrogens with zero attached hydrogens (tertiary/aromatic N) is 1. The van der Waals surface area contributed by atoms with Crippen molar-refractivity contribution >= 4 is 11.3 Å². The average molecular weight is 262 g/mol. The van der Waals surface area contributed by atoms with Crippen LogP contribution in [0.1, 0.15) is 29.1 Å². The van der Waals surface area contributed by atoms with Crippen molar-refractivity contribution in [3.63, 3.8) is 0 Å². The first-order valence-corrected chi connectivity index (χ1v) is 7.09. The van der Waals surface area contributed by atoms with Crippen LogP contribution in [0.2, 0.25) is 0 Å². The van der Waals surface area contributed by atoms with Gasteiger partial charge in [0.2, 0.25) is 0 Å². The van der Waals surface area contributed by atoms with Gasteiger partial charge in [0, 0.05) is 24.4 Å². The van der Waals surface area contributed by atoms with Crippen molar-refractivity contribution in [3.8, 4) is 0 Å². The first-order chi connectivity index (χ1) is 8.79. The molecule has 0 atom stereocenters. The second-order valence-electron chi connectivity index (χ2n) is 4.69. The Hall–Kier alpha value is -1.26. The summed E-state index contributed by atoms with van der Waals surface area (Å²) < 4.78 is 12.8. The molecule has 4 heteroatoms. The Bertz CT molecular complexity index is 517. The average Bonchev–Trinajstić information content (AvgIpc) is 3.10. The lowest BCUT2D eigenvalue weighted by Crippen LogP contribution is -2.15. The third kappa shape index (κ3) is 3.15. The molecule has 3 rings (SSSR count). The SMILES string of the molecule is Fc1ccc(Cc2nc(CNC3CC3)cs2)cc1. The molecule has 18 heavy (non-hydrogen) atoms. The minimum absolute atomic E-state index is 0.188. The minimum atomic E-state index is -0.188. The van der Waals surface area contributed by atoms with Crippen molar-refractivity contribution < 1.29 is 4.39 Å². The number of hydrogen-bond acceptors (Lipinski definition) is 3. The Morgan fingerprint density at radius 1 is 1.28 bits per heavy atom. The van der Waals surface area contributed by atoms with Gasteiger partial charge in [-0.2, -0.15) is 0 Å². The van der Waals surface area contributed by atoms with E-state index in [4.69, 9.17) is 0 Å². The molecule has 1 aromatic carbocycles. The third-order valence-electron chi connectivity index (χ3n) is 3.02. The van der Waals surface area contributed by atoms with Gasteiger partial charge in [-0.15, -0.1) is 11.3 Å². The van der Waals surface area contributed by atoms with Gasteiger partial charge in [-0.3, -0.25) is 0 Å². The number of nitrogens with one attached hydrogen (secondary N) is 1. The van der Waals surface area contributed by atoms with Crippen LogP contribution in [-0.2, 0) is 13.0 Å². The molecule has 1 fully saturated rings. The highest BCUT2D eigenvalue weighted by atomic mass is 32.1. The first-order valence-electron chi connectivity index (χ1n) is 6.21. The molecule has 1 N–H and O–H groups in total. The summed E-state index contributed by atoms with van der Waals surface area (Å²) in [6.07, 6.45) is 3.38. The maximum absolute atomic E-state index is 12.8. The summed E-state index contributed by atoms with van der Waals surface area (Å²) in [6, 6.07) is 7.35. The van der Waals surface area contributed by atoms with Crippen molar-refractivity contribution in [1.29, 1.82) is 0 Å². The lowest BCUT2D eigenvalue weighted by atomic mass is 10.1. The number of aromatic nitrogens is 1. The highest BCUT2D eigenvalue weighted by Crippen LogP contribution is 2.20. The fraction of sp³-hybridized carbons (Fsp3) is 0.357. The van der Waals surface area contributed by atoms with Crippen molar-refractivity contribution in [2.24, 2.45) is 0 Å². The molecule has 94 valence electrons. The summed E-state index contributed by atoms with van der Waals surface area (Å²) in [5.74, 6) is -0.188.